The third-order valence-corrected chi connectivity index (χ3v) is 4.39. The Labute approximate surface area is 157 Å². The highest BCUT2D eigenvalue weighted by atomic mass is 16.6. The number of carbonyl (C=O) groups is 2. The number of esters is 1. The van der Waals surface area contributed by atoms with Crippen LogP contribution in [-0.4, -0.2) is 24.6 Å². The van der Waals surface area contributed by atoms with Gasteiger partial charge in [-0.15, -0.1) is 0 Å². The normalized spacial score (nSPS) is 13.2. The first-order valence-electron chi connectivity index (χ1n) is 8.80. The average Bonchev–Trinajstić information content (AvgIpc) is 3.14. The number of amides is 1. The molecule has 0 spiro atoms. The highest BCUT2D eigenvalue weighted by molar-refractivity contribution is 5.95. The minimum absolute atomic E-state index is 0.257. The molecule has 0 saturated carbocycles. The summed E-state index contributed by atoms with van der Waals surface area (Å²) in [7, 11) is 0. The molecule has 1 aliphatic rings. The van der Waals surface area contributed by atoms with Crippen LogP contribution in [0.15, 0.2) is 42.5 Å². The number of ether oxygens (including phenoxy) is 2. The van der Waals surface area contributed by atoms with Crippen LogP contribution in [0.2, 0.25) is 0 Å². The number of carbonyl (C=O) groups excluding carboxylic acids is 2. The smallest absolute Gasteiger partial charge is 0.344 e. The standard InChI is InChI=1S/C21H20N2O4/c1-14(21(25)23-18-8-5-15(12-22)6-9-18)27-20(24)13-26-19-10-7-16-3-2-4-17(16)11-19/h5-11,14H,2-4,13H2,1H3,(H,23,25)/t14-/m1/s1. The molecule has 6 heteroatoms. The van der Waals surface area contributed by atoms with Gasteiger partial charge in [-0.3, -0.25) is 4.79 Å². The van der Waals surface area contributed by atoms with Gasteiger partial charge in [-0.1, -0.05) is 6.07 Å². The molecule has 1 aliphatic carbocycles. The second kappa shape index (κ2) is 8.37. The van der Waals surface area contributed by atoms with Gasteiger partial charge in [0.25, 0.3) is 5.91 Å². The fourth-order valence-corrected chi connectivity index (χ4v) is 2.94. The Morgan fingerprint density at radius 2 is 1.89 bits per heavy atom. The third-order valence-electron chi connectivity index (χ3n) is 4.39. The fourth-order valence-electron chi connectivity index (χ4n) is 2.94. The van der Waals surface area contributed by atoms with E-state index >= 15 is 0 Å². The molecule has 2 aromatic carbocycles. The lowest BCUT2D eigenvalue weighted by Gasteiger charge is -2.14. The number of fused-ring (bicyclic) bond motifs is 1. The molecule has 0 aromatic heterocycles. The van der Waals surface area contributed by atoms with Crippen LogP contribution in [0.5, 0.6) is 5.75 Å². The summed E-state index contributed by atoms with van der Waals surface area (Å²) in [5, 5.41) is 11.4. The van der Waals surface area contributed by atoms with Gasteiger partial charge in [0.2, 0.25) is 0 Å². The van der Waals surface area contributed by atoms with Crippen LogP contribution < -0.4 is 10.1 Å². The van der Waals surface area contributed by atoms with E-state index in [2.05, 4.69) is 5.32 Å². The number of aryl methyl sites for hydroxylation is 2. The topological polar surface area (TPSA) is 88.4 Å². The van der Waals surface area contributed by atoms with Crippen LogP contribution >= 0.6 is 0 Å². The van der Waals surface area contributed by atoms with E-state index < -0.39 is 18.0 Å². The van der Waals surface area contributed by atoms with E-state index in [1.807, 2.05) is 24.3 Å². The molecule has 2 aromatic rings. The van der Waals surface area contributed by atoms with Gasteiger partial charge in [0, 0.05) is 5.69 Å². The van der Waals surface area contributed by atoms with Crippen LogP contribution in [-0.2, 0) is 27.2 Å². The molecule has 6 nitrogen and oxygen atoms in total. The second-order valence-electron chi connectivity index (χ2n) is 6.38. The summed E-state index contributed by atoms with van der Waals surface area (Å²) in [4.78, 5) is 24.0. The van der Waals surface area contributed by atoms with Gasteiger partial charge >= 0.3 is 5.97 Å². The summed E-state index contributed by atoms with van der Waals surface area (Å²) in [6, 6.07) is 14.2. The lowest BCUT2D eigenvalue weighted by Crippen LogP contribution is -2.31. The molecule has 0 aliphatic heterocycles. The Bertz CT molecular complexity index is 884. The zero-order chi connectivity index (χ0) is 19.2. The summed E-state index contributed by atoms with van der Waals surface area (Å²) in [6.07, 6.45) is 2.30. The highest BCUT2D eigenvalue weighted by Crippen LogP contribution is 2.26. The first kappa shape index (κ1) is 18.5. The SMILES string of the molecule is C[C@@H](OC(=O)COc1ccc2c(c1)CCC2)C(=O)Nc1ccc(C#N)cc1. The Morgan fingerprint density at radius 3 is 2.63 bits per heavy atom. The number of nitrogens with one attached hydrogen (secondary N) is 1. The summed E-state index contributed by atoms with van der Waals surface area (Å²) >= 11 is 0. The Balaban J connectivity index is 1.46. The van der Waals surface area contributed by atoms with Crippen molar-refractivity contribution in [2.24, 2.45) is 0 Å². The fraction of sp³-hybridized carbons (Fsp3) is 0.286. The lowest BCUT2D eigenvalue weighted by molar-refractivity contribution is -0.155. The quantitative estimate of drug-likeness (QED) is 0.796. The molecule has 1 amide bonds. The minimum atomic E-state index is -0.961. The molecule has 138 valence electrons. The number of nitriles is 1. The molecule has 27 heavy (non-hydrogen) atoms. The first-order valence-corrected chi connectivity index (χ1v) is 8.80. The molecule has 0 radical (unpaired) electrons. The molecule has 1 atom stereocenters. The Kier molecular flexibility index (Phi) is 5.72. The average molecular weight is 364 g/mol. The van der Waals surface area contributed by atoms with Gasteiger partial charge in [-0.2, -0.15) is 5.26 Å². The maximum atomic E-state index is 12.1. The maximum absolute atomic E-state index is 12.1. The number of nitrogens with zero attached hydrogens (tertiary/aromatic N) is 1. The van der Waals surface area contributed by atoms with Crippen molar-refractivity contribution < 1.29 is 19.1 Å². The largest absolute Gasteiger partial charge is 0.482 e. The predicted molar refractivity (Wildman–Crippen MR) is 99.3 cm³/mol. The Hall–Kier alpha value is -3.33. The zero-order valence-electron chi connectivity index (χ0n) is 15.0. The molecule has 0 fully saturated rings. The molecule has 0 saturated heterocycles. The molecule has 0 heterocycles. The molecule has 3 rings (SSSR count). The van der Waals surface area contributed by atoms with E-state index in [0.29, 0.717) is 17.0 Å². The van der Waals surface area contributed by atoms with E-state index in [1.165, 1.54) is 18.1 Å². The van der Waals surface area contributed by atoms with Crippen molar-refractivity contribution in [1.29, 1.82) is 5.26 Å². The van der Waals surface area contributed by atoms with Gasteiger partial charge in [0.05, 0.1) is 11.6 Å². The molecule has 0 bridgehead atoms. The van der Waals surface area contributed by atoms with Crippen molar-refractivity contribution in [2.75, 3.05) is 11.9 Å². The predicted octanol–water partition coefficient (Wildman–Crippen LogP) is 3.00. The van der Waals surface area contributed by atoms with Crippen LogP contribution in [0, 0.1) is 11.3 Å². The van der Waals surface area contributed by atoms with Crippen LogP contribution in [0.1, 0.15) is 30.0 Å². The van der Waals surface area contributed by atoms with E-state index in [1.54, 1.807) is 24.3 Å². The lowest BCUT2D eigenvalue weighted by atomic mass is 10.1. The monoisotopic (exact) mass is 364 g/mol. The van der Waals surface area contributed by atoms with Crippen LogP contribution in [0.3, 0.4) is 0 Å². The number of hydrogen-bond acceptors (Lipinski definition) is 5. The van der Waals surface area contributed by atoms with Crippen molar-refractivity contribution in [1.82, 2.24) is 0 Å². The van der Waals surface area contributed by atoms with Crippen LogP contribution in [0.25, 0.3) is 0 Å². The van der Waals surface area contributed by atoms with Gasteiger partial charge in [0.15, 0.2) is 12.7 Å². The molecular weight excluding hydrogens is 344 g/mol. The highest BCUT2D eigenvalue weighted by Gasteiger charge is 2.19. The molecule has 0 unspecified atom stereocenters. The van der Waals surface area contributed by atoms with Crippen molar-refractivity contribution in [3.05, 3.63) is 59.2 Å². The zero-order valence-corrected chi connectivity index (χ0v) is 15.0. The summed E-state index contributed by atoms with van der Waals surface area (Å²) < 4.78 is 10.6. The number of benzene rings is 2. The molecule has 1 N–H and O–H groups in total. The Morgan fingerprint density at radius 1 is 1.15 bits per heavy atom. The molecular formula is C21H20N2O4. The van der Waals surface area contributed by atoms with Crippen LogP contribution in [0.4, 0.5) is 5.69 Å². The van der Waals surface area contributed by atoms with E-state index in [9.17, 15) is 9.59 Å². The van der Waals surface area contributed by atoms with Gasteiger partial charge in [-0.25, -0.2) is 4.79 Å². The van der Waals surface area contributed by atoms with Gasteiger partial charge in [-0.05, 0) is 73.7 Å². The van der Waals surface area contributed by atoms with Crippen molar-refractivity contribution in [3.8, 4) is 11.8 Å². The number of rotatable bonds is 6. The first-order chi connectivity index (χ1) is 13.0. The summed E-state index contributed by atoms with van der Waals surface area (Å²) in [5.74, 6) is -0.439. The van der Waals surface area contributed by atoms with Crippen molar-refractivity contribution >= 4 is 17.6 Å². The number of hydrogen-bond donors (Lipinski definition) is 1. The summed E-state index contributed by atoms with van der Waals surface area (Å²) in [5.41, 5.74) is 3.61. The van der Waals surface area contributed by atoms with Gasteiger partial charge < -0.3 is 14.8 Å². The minimum Gasteiger partial charge on any atom is -0.482 e. The third kappa shape index (κ3) is 4.85. The van der Waals surface area contributed by atoms with Crippen molar-refractivity contribution in [2.45, 2.75) is 32.3 Å². The van der Waals surface area contributed by atoms with E-state index in [0.717, 1.165) is 19.3 Å². The second-order valence-corrected chi connectivity index (χ2v) is 6.38. The van der Waals surface area contributed by atoms with Gasteiger partial charge in [0.1, 0.15) is 5.75 Å². The van der Waals surface area contributed by atoms with E-state index in [-0.39, 0.29) is 6.61 Å². The maximum Gasteiger partial charge on any atom is 0.344 e. The number of anilines is 1. The van der Waals surface area contributed by atoms with E-state index in [4.69, 9.17) is 14.7 Å². The van der Waals surface area contributed by atoms with Crippen molar-refractivity contribution in [3.63, 3.8) is 0 Å². The summed E-state index contributed by atoms with van der Waals surface area (Å²) in [6.45, 7) is 1.24.